The Bertz CT molecular complexity index is 190. The molecule has 195 valence electrons. The Hall–Kier alpha value is 0.540. The first-order valence-electron chi connectivity index (χ1n) is 11.9. The molecule has 0 aliphatic heterocycles. The first kappa shape index (κ1) is 45.1. The minimum atomic E-state index is 0. The number of aliphatic hydroxyl groups excluding tert-OH is 5. The Balaban J connectivity index is -0.0000000625. The van der Waals surface area contributed by atoms with E-state index in [1.807, 2.05) is 0 Å². The summed E-state index contributed by atoms with van der Waals surface area (Å²) in [6, 6.07) is 0. The molecule has 0 amide bonds. The monoisotopic (exact) mass is 621 g/mol. The molecule has 0 saturated heterocycles. The van der Waals surface area contributed by atoms with E-state index < -0.39 is 0 Å². The van der Waals surface area contributed by atoms with Gasteiger partial charge in [0.25, 0.3) is 0 Å². The summed E-state index contributed by atoms with van der Waals surface area (Å²) < 4.78 is 0. The first-order chi connectivity index (χ1) is 13.9. The second-order valence-electron chi connectivity index (χ2n) is 9.53. The predicted molar refractivity (Wildman–Crippen MR) is 133 cm³/mol. The summed E-state index contributed by atoms with van der Waals surface area (Å²) in [7, 11) is 0. The summed E-state index contributed by atoms with van der Waals surface area (Å²) in [5.41, 5.74) is 0. The van der Waals surface area contributed by atoms with Crippen molar-refractivity contribution in [3.05, 3.63) is 0 Å². The van der Waals surface area contributed by atoms with Gasteiger partial charge in [0.15, 0.2) is 0 Å². The second kappa shape index (κ2) is 40.9. The zero-order chi connectivity index (χ0) is 25.0. The van der Waals surface area contributed by atoms with Crippen molar-refractivity contribution in [3.63, 3.8) is 0 Å². The molecule has 0 aromatic rings. The Morgan fingerprint density at radius 2 is 0.419 bits per heavy atom. The third-order valence-corrected chi connectivity index (χ3v) is 3.53. The maximum Gasteiger partial charge on any atom is 0.0433 e. The average molecular weight is 622 g/mol. The van der Waals surface area contributed by atoms with Gasteiger partial charge in [-0.3, -0.25) is 0 Å². The van der Waals surface area contributed by atoms with Gasteiger partial charge in [-0.15, -0.1) is 0 Å². The first-order valence-corrected chi connectivity index (χ1v) is 11.9. The molecule has 0 atom stereocenters. The summed E-state index contributed by atoms with van der Waals surface area (Å²) in [5, 5.41) is 41.2. The van der Waals surface area contributed by atoms with Gasteiger partial charge in [-0.2, -0.15) is 0 Å². The Kier molecular flexibility index (Phi) is 59.4. The van der Waals surface area contributed by atoms with Crippen LogP contribution in [0.15, 0.2) is 0 Å². The molecule has 0 rings (SSSR count). The maximum absolute atomic E-state index is 8.24. The van der Waals surface area contributed by atoms with Crippen LogP contribution in [0.1, 0.15) is 101 Å². The molecule has 0 fully saturated rings. The topological polar surface area (TPSA) is 101 Å². The summed E-state index contributed by atoms with van der Waals surface area (Å²) >= 11 is 0. The van der Waals surface area contributed by atoms with E-state index >= 15 is 0 Å². The van der Waals surface area contributed by atoms with E-state index in [-0.39, 0.29) is 22.4 Å². The quantitative estimate of drug-likeness (QED) is 0.233. The molecule has 5 N–H and O–H groups in total. The van der Waals surface area contributed by atoms with Gasteiger partial charge < -0.3 is 25.5 Å². The second-order valence-corrected chi connectivity index (χ2v) is 9.53. The van der Waals surface area contributed by atoms with Crippen molar-refractivity contribution in [1.29, 1.82) is 0 Å². The van der Waals surface area contributed by atoms with E-state index in [0.717, 1.165) is 32.1 Å². The van der Waals surface area contributed by atoms with E-state index in [0.29, 0.717) is 62.6 Å². The van der Waals surface area contributed by atoms with Crippen LogP contribution in [0.2, 0.25) is 0 Å². The van der Waals surface area contributed by atoms with Gasteiger partial charge in [0.1, 0.15) is 0 Å². The van der Waals surface area contributed by atoms with Crippen molar-refractivity contribution in [2.75, 3.05) is 33.0 Å². The van der Waals surface area contributed by atoms with Gasteiger partial charge in [-0.05, 0) is 61.7 Å². The van der Waals surface area contributed by atoms with Crippen LogP contribution in [-0.2, 0) is 22.4 Å². The smallest absolute Gasteiger partial charge is 0.0433 e. The largest absolute Gasteiger partial charge is 0.396 e. The molecule has 0 aromatic carbocycles. The van der Waals surface area contributed by atoms with Crippen molar-refractivity contribution in [3.8, 4) is 0 Å². The van der Waals surface area contributed by atoms with Gasteiger partial charge >= 0.3 is 0 Å². The zero-order valence-electron chi connectivity index (χ0n) is 22.6. The normalized spacial score (nSPS) is 9.68. The van der Waals surface area contributed by atoms with Crippen LogP contribution in [0.5, 0.6) is 0 Å². The molecule has 1 radical (unpaired) electrons. The molecule has 6 heteroatoms. The number of hydrogen-bond donors (Lipinski definition) is 5. The molecule has 31 heavy (non-hydrogen) atoms. The van der Waals surface area contributed by atoms with Crippen molar-refractivity contribution >= 4 is 0 Å². The van der Waals surface area contributed by atoms with Crippen LogP contribution >= 0.6 is 0 Å². The standard InChI is InChI=1S/5C5H12O.Ta/c5*1-5(2)3-4-6;/h5*5-6H,3-4H2,1-2H3;. The minimum Gasteiger partial charge on any atom is -0.396 e. The van der Waals surface area contributed by atoms with E-state index in [1.54, 1.807) is 0 Å². The van der Waals surface area contributed by atoms with Gasteiger partial charge in [0, 0.05) is 55.4 Å². The van der Waals surface area contributed by atoms with Crippen molar-refractivity contribution in [2.24, 2.45) is 29.6 Å². The zero-order valence-corrected chi connectivity index (χ0v) is 25.9. The van der Waals surface area contributed by atoms with Crippen LogP contribution in [-0.4, -0.2) is 58.6 Å². The SMILES string of the molecule is CC(C)CCO.CC(C)CCO.CC(C)CCO.CC(C)CCO.CC(C)CCO.[Ta]. The van der Waals surface area contributed by atoms with E-state index in [9.17, 15) is 0 Å². The third kappa shape index (κ3) is 103. The molecule has 0 unspecified atom stereocenters. The molecule has 0 aliphatic rings. The van der Waals surface area contributed by atoms with Crippen molar-refractivity contribution in [2.45, 2.75) is 101 Å². The number of aliphatic hydroxyl groups is 5. The molecule has 0 heterocycles. The molecular formula is C25H60O5Ta. The summed E-state index contributed by atoms with van der Waals surface area (Å²) in [6.07, 6.45) is 4.65. The number of rotatable bonds is 10. The van der Waals surface area contributed by atoms with Gasteiger partial charge in [0.05, 0.1) is 0 Å². The Labute approximate surface area is 211 Å². The third-order valence-electron chi connectivity index (χ3n) is 3.53. The fraction of sp³-hybridized carbons (Fsp3) is 1.00. The molecule has 0 aromatic heterocycles. The van der Waals surface area contributed by atoms with Crippen LogP contribution in [0.4, 0.5) is 0 Å². The fourth-order valence-corrected chi connectivity index (χ4v) is 1.29. The Morgan fingerprint density at radius 3 is 0.419 bits per heavy atom. The van der Waals surface area contributed by atoms with E-state index in [4.69, 9.17) is 25.5 Å². The van der Waals surface area contributed by atoms with Crippen molar-refractivity contribution in [1.82, 2.24) is 0 Å². The molecule has 5 nitrogen and oxygen atoms in total. The minimum absolute atomic E-state index is 0. The molecule has 0 aliphatic carbocycles. The number of hydrogen-bond acceptors (Lipinski definition) is 5. The van der Waals surface area contributed by atoms with Gasteiger partial charge in [0.2, 0.25) is 0 Å². The van der Waals surface area contributed by atoms with E-state index in [2.05, 4.69) is 69.2 Å². The summed E-state index contributed by atoms with van der Waals surface area (Å²) in [4.78, 5) is 0. The van der Waals surface area contributed by atoms with Gasteiger partial charge in [-0.25, -0.2) is 0 Å². The van der Waals surface area contributed by atoms with Crippen LogP contribution in [0.25, 0.3) is 0 Å². The summed E-state index contributed by atoms with van der Waals surface area (Å²) in [5.74, 6) is 3.24. The molecule has 0 spiro atoms. The van der Waals surface area contributed by atoms with E-state index in [1.165, 1.54) is 0 Å². The molecule has 0 bridgehead atoms. The van der Waals surface area contributed by atoms with Crippen molar-refractivity contribution < 1.29 is 47.9 Å². The average Bonchev–Trinajstić information content (AvgIpc) is 2.56. The fourth-order valence-electron chi connectivity index (χ4n) is 1.29. The van der Waals surface area contributed by atoms with Gasteiger partial charge in [-0.1, -0.05) is 69.2 Å². The molecular weight excluding hydrogens is 561 g/mol. The Morgan fingerprint density at radius 1 is 0.323 bits per heavy atom. The van der Waals surface area contributed by atoms with Crippen LogP contribution < -0.4 is 0 Å². The maximum atomic E-state index is 8.24. The molecule has 0 saturated carbocycles. The van der Waals surface area contributed by atoms with Crippen LogP contribution in [0.3, 0.4) is 0 Å². The van der Waals surface area contributed by atoms with Crippen LogP contribution in [0, 0.1) is 29.6 Å². The predicted octanol–water partition coefficient (Wildman–Crippen LogP) is 5.12. The summed E-state index contributed by atoms with van der Waals surface area (Å²) in [6.45, 7) is 22.6.